The monoisotopic (exact) mass is 255 g/mol. The predicted molar refractivity (Wildman–Crippen MR) is 70.0 cm³/mol. The Morgan fingerprint density at radius 3 is 2.35 bits per heavy atom. The van der Waals surface area contributed by atoms with Gasteiger partial charge >= 0.3 is 0 Å². The van der Waals surface area contributed by atoms with Gasteiger partial charge in [-0.3, -0.25) is 4.79 Å². The zero-order chi connectivity index (χ0) is 13.4. The van der Waals surface area contributed by atoms with Gasteiger partial charge in [0, 0.05) is 17.2 Å². The summed E-state index contributed by atoms with van der Waals surface area (Å²) < 4.78 is 0. The molecule has 94 valence electrons. The first-order valence-corrected chi connectivity index (χ1v) is 5.70. The summed E-state index contributed by atoms with van der Waals surface area (Å²) in [6, 6.07) is 1.53. The van der Waals surface area contributed by atoms with Crippen molar-refractivity contribution in [1.82, 2.24) is 4.98 Å². The molecule has 0 bridgehead atoms. The number of nitrogens with two attached hydrogens (primary N) is 2. The number of nitrogens with zero attached hydrogens (tertiary/aromatic N) is 1. The molecule has 1 aromatic rings. The fraction of sp³-hybridized carbons (Fsp3) is 0.500. The summed E-state index contributed by atoms with van der Waals surface area (Å²) in [7, 11) is 0. The average Bonchev–Trinajstić information content (AvgIpc) is 2.19. The smallest absolute Gasteiger partial charge is 0.174 e. The maximum Gasteiger partial charge on any atom is 0.174 e. The van der Waals surface area contributed by atoms with Crippen molar-refractivity contribution in [3.05, 3.63) is 22.8 Å². The normalized spacial score (nSPS) is 12.6. The Morgan fingerprint density at radius 1 is 1.35 bits per heavy atom. The van der Waals surface area contributed by atoms with Gasteiger partial charge in [-0.05, 0) is 19.9 Å². The van der Waals surface area contributed by atoms with Crippen molar-refractivity contribution in [1.29, 1.82) is 0 Å². The van der Waals surface area contributed by atoms with Crippen LogP contribution in [0.25, 0.3) is 0 Å². The fourth-order valence-corrected chi connectivity index (χ4v) is 1.42. The number of ketones is 1. The molecule has 0 aliphatic carbocycles. The molecule has 0 saturated heterocycles. The predicted octanol–water partition coefficient (Wildman–Crippen LogP) is 2.26. The third-order valence-corrected chi connectivity index (χ3v) is 3.51. The molecule has 1 heterocycles. The van der Waals surface area contributed by atoms with Gasteiger partial charge in [-0.1, -0.05) is 25.4 Å². The van der Waals surface area contributed by atoms with E-state index in [0.717, 1.165) is 0 Å². The Labute approximate surface area is 106 Å². The van der Waals surface area contributed by atoms with E-state index in [1.54, 1.807) is 27.7 Å². The van der Waals surface area contributed by atoms with Crippen LogP contribution in [0.4, 0.5) is 5.82 Å². The van der Waals surface area contributed by atoms with Gasteiger partial charge in [0.15, 0.2) is 5.78 Å². The van der Waals surface area contributed by atoms with E-state index >= 15 is 0 Å². The molecule has 5 heteroatoms. The number of anilines is 1. The highest BCUT2D eigenvalue weighted by Crippen LogP contribution is 2.34. The van der Waals surface area contributed by atoms with E-state index in [0.29, 0.717) is 10.6 Å². The number of rotatable bonds is 3. The molecule has 0 unspecified atom stereocenters. The van der Waals surface area contributed by atoms with Crippen LogP contribution in [0.15, 0.2) is 12.3 Å². The number of Topliss-reactive ketones (excluding diaryl/α,β-unsaturated/α-hetero) is 1. The van der Waals surface area contributed by atoms with Gasteiger partial charge in [-0.25, -0.2) is 4.98 Å². The number of hydrogen-bond donors (Lipinski definition) is 2. The molecule has 0 radical (unpaired) electrons. The fourth-order valence-electron chi connectivity index (χ4n) is 1.26. The second kappa shape index (κ2) is 4.27. The van der Waals surface area contributed by atoms with Crippen LogP contribution in [0.2, 0.25) is 5.02 Å². The van der Waals surface area contributed by atoms with Gasteiger partial charge < -0.3 is 11.5 Å². The Hall–Kier alpha value is -1.13. The van der Waals surface area contributed by atoms with Crippen molar-refractivity contribution in [2.24, 2.45) is 11.1 Å². The number of aromatic nitrogens is 1. The number of pyridine rings is 1. The third-order valence-electron chi connectivity index (χ3n) is 3.31. The summed E-state index contributed by atoms with van der Waals surface area (Å²) in [5.41, 5.74) is 10.6. The van der Waals surface area contributed by atoms with E-state index in [1.165, 1.54) is 12.3 Å². The Bertz CT molecular complexity index is 450. The molecule has 0 fully saturated rings. The second-order valence-electron chi connectivity index (χ2n) is 5.26. The van der Waals surface area contributed by atoms with Crippen molar-refractivity contribution >= 4 is 23.2 Å². The van der Waals surface area contributed by atoms with E-state index in [4.69, 9.17) is 23.1 Å². The van der Waals surface area contributed by atoms with Gasteiger partial charge in [0.2, 0.25) is 0 Å². The number of carbonyl (C=O) groups excluding carboxylic acids is 1. The van der Waals surface area contributed by atoms with Crippen LogP contribution in [0.1, 0.15) is 38.1 Å². The van der Waals surface area contributed by atoms with Crippen molar-refractivity contribution in [3.8, 4) is 0 Å². The summed E-state index contributed by atoms with van der Waals surface area (Å²) in [6.45, 7) is 7.18. The van der Waals surface area contributed by atoms with E-state index in [9.17, 15) is 4.79 Å². The number of hydrogen-bond acceptors (Lipinski definition) is 4. The first kappa shape index (κ1) is 13.9. The van der Waals surface area contributed by atoms with E-state index < -0.39 is 11.0 Å². The second-order valence-corrected chi connectivity index (χ2v) is 5.70. The molecule has 0 aromatic carbocycles. The molecule has 4 nitrogen and oxygen atoms in total. The molecule has 0 aliphatic heterocycles. The van der Waals surface area contributed by atoms with Crippen LogP contribution in [0, 0.1) is 5.41 Å². The molecule has 0 spiro atoms. The minimum absolute atomic E-state index is 0.155. The van der Waals surface area contributed by atoms with E-state index in [2.05, 4.69) is 4.98 Å². The lowest BCUT2D eigenvalue weighted by molar-refractivity contribution is 0.0735. The molecular weight excluding hydrogens is 238 g/mol. The van der Waals surface area contributed by atoms with Crippen LogP contribution < -0.4 is 11.5 Å². The largest absolute Gasteiger partial charge is 0.383 e. The van der Waals surface area contributed by atoms with Crippen LogP contribution in [0.5, 0.6) is 0 Å². The molecule has 1 aromatic heterocycles. The van der Waals surface area contributed by atoms with Gasteiger partial charge in [-0.2, -0.15) is 0 Å². The third kappa shape index (κ3) is 2.58. The van der Waals surface area contributed by atoms with Crippen molar-refractivity contribution in [2.45, 2.75) is 33.2 Å². The lowest BCUT2D eigenvalue weighted by atomic mass is 9.70. The van der Waals surface area contributed by atoms with E-state index in [1.807, 2.05) is 0 Å². The number of carbonyl (C=O) groups is 1. The first-order valence-electron chi connectivity index (χ1n) is 5.32. The Morgan fingerprint density at radius 2 is 1.88 bits per heavy atom. The highest BCUT2D eigenvalue weighted by Gasteiger charge is 2.41. The lowest BCUT2D eigenvalue weighted by Crippen LogP contribution is -2.52. The standard InChI is InChI=1S/C12H18ClN3O/c1-11(2,12(3,4)15)9(17)8-5-7(13)6-16-10(8)14/h5-6H,15H2,1-4H3,(H2,14,16). The molecule has 1 rings (SSSR count). The number of halogens is 1. The van der Waals surface area contributed by atoms with Crippen molar-refractivity contribution in [2.75, 3.05) is 5.73 Å². The zero-order valence-electron chi connectivity index (χ0n) is 10.5. The highest BCUT2D eigenvalue weighted by molar-refractivity contribution is 6.31. The highest BCUT2D eigenvalue weighted by atomic mass is 35.5. The van der Waals surface area contributed by atoms with Gasteiger partial charge in [-0.15, -0.1) is 0 Å². The molecule has 0 atom stereocenters. The zero-order valence-corrected chi connectivity index (χ0v) is 11.3. The van der Waals surface area contributed by atoms with Crippen LogP contribution in [-0.2, 0) is 0 Å². The topological polar surface area (TPSA) is 82.0 Å². The molecule has 0 amide bonds. The van der Waals surface area contributed by atoms with Crippen molar-refractivity contribution < 1.29 is 4.79 Å². The summed E-state index contributed by atoms with van der Waals surface area (Å²) >= 11 is 5.82. The maximum atomic E-state index is 12.4. The number of nitrogen functional groups attached to an aromatic ring is 1. The molecule has 0 aliphatic rings. The maximum absolute atomic E-state index is 12.4. The molecule has 4 N–H and O–H groups in total. The van der Waals surface area contributed by atoms with Gasteiger partial charge in [0.05, 0.1) is 10.6 Å². The van der Waals surface area contributed by atoms with E-state index in [-0.39, 0.29) is 11.6 Å². The summed E-state index contributed by atoms with van der Waals surface area (Å²) in [4.78, 5) is 16.3. The lowest BCUT2D eigenvalue weighted by Gasteiger charge is -2.37. The Balaban J connectivity index is 3.26. The quantitative estimate of drug-likeness (QED) is 0.812. The van der Waals surface area contributed by atoms with Gasteiger partial charge in [0.25, 0.3) is 0 Å². The first-order chi connectivity index (χ1) is 7.57. The van der Waals surface area contributed by atoms with Crippen LogP contribution >= 0.6 is 11.6 Å². The summed E-state index contributed by atoms with van der Waals surface area (Å²) in [6.07, 6.45) is 1.41. The van der Waals surface area contributed by atoms with Crippen molar-refractivity contribution in [3.63, 3.8) is 0 Å². The minimum atomic E-state index is -0.756. The SMILES string of the molecule is CC(C)(N)C(C)(C)C(=O)c1cc(Cl)cnc1N. The summed E-state index contributed by atoms with van der Waals surface area (Å²) in [5.74, 6) is 0.0224. The van der Waals surface area contributed by atoms with Crippen LogP contribution in [-0.4, -0.2) is 16.3 Å². The van der Waals surface area contributed by atoms with Crippen LogP contribution in [0.3, 0.4) is 0 Å². The molecule has 17 heavy (non-hydrogen) atoms. The minimum Gasteiger partial charge on any atom is -0.383 e. The molecule has 0 saturated carbocycles. The average molecular weight is 256 g/mol. The molecular formula is C12H18ClN3O. The Kier molecular flexibility index (Phi) is 3.50. The van der Waals surface area contributed by atoms with Gasteiger partial charge in [0.1, 0.15) is 5.82 Å². The summed E-state index contributed by atoms with van der Waals surface area (Å²) in [5, 5.41) is 0.383.